The van der Waals surface area contributed by atoms with Crippen molar-refractivity contribution < 1.29 is 18.0 Å². The molecule has 35 heavy (non-hydrogen) atoms. The van der Waals surface area contributed by atoms with Crippen LogP contribution >= 0.6 is 0 Å². The predicted octanol–water partition coefficient (Wildman–Crippen LogP) is 2.77. The Morgan fingerprint density at radius 2 is 1.71 bits per heavy atom. The molecule has 0 unspecified atom stereocenters. The fourth-order valence-corrected chi connectivity index (χ4v) is 4.28. The molecule has 1 saturated heterocycles. The fraction of sp³-hybridized carbons (Fsp3) is 0.364. The number of carbonyl (C=O) groups excluding carboxylic acids is 1. The van der Waals surface area contributed by atoms with Crippen molar-refractivity contribution in [3.05, 3.63) is 59.1 Å². The van der Waals surface area contributed by atoms with Gasteiger partial charge in [0.15, 0.2) is 11.6 Å². The first-order valence-corrected chi connectivity index (χ1v) is 11.0. The summed E-state index contributed by atoms with van der Waals surface area (Å²) in [6, 6.07) is 2.21. The number of hydrazone groups is 1. The van der Waals surface area contributed by atoms with E-state index in [1.165, 1.54) is 21.8 Å². The molecule has 5 rings (SSSR count). The first-order chi connectivity index (χ1) is 16.8. The first kappa shape index (κ1) is 22.7. The first-order valence-electron chi connectivity index (χ1n) is 11.0. The molecular formula is C22H22F3N9O. The lowest BCUT2D eigenvalue weighted by atomic mass is 10.0. The van der Waals surface area contributed by atoms with Gasteiger partial charge in [-0.15, -0.1) is 5.10 Å². The number of benzene rings is 1. The van der Waals surface area contributed by atoms with Crippen LogP contribution in [0.15, 0.2) is 29.5 Å². The van der Waals surface area contributed by atoms with Gasteiger partial charge < -0.3 is 9.80 Å². The van der Waals surface area contributed by atoms with Gasteiger partial charge in [0.05, 0.1) is 12.2 Å². The molecule has 10 nitrogen and oxygen atoms in total. The summed E-state index contributed by atoms with van der Waals surface area (Å²) < 4.78 is 43.5. The Labute approximate surface area is 198 Å². The number of piperazine rings is 1. The Morgan fingerprint density at radius 1 is 1.00 bits per heavy atom. The van der Waals surface area contributed by atoms with Gasteiger partial charge in [-0.2, -0.15) is 14.8 Å². The Morgan fingerprint density at radius 3 is 2.37 bits per heavy atom. The Bertz CT molecular complexity index is 1280. The van der Waals surface area contributed by atoms with E-state index in [1.807, 2.05) is 0 Å². The monoisotopic (exact) mass is 485 g/mol. The zero-order valence-corrected chi connectivity index (χ0v) is 19.1. The standard InChI is InChI=1S/C22H22F3N9O/c1-13-28-14(2)33(30-13)21-26-12-18(25)20(29-21)31-5-7-32(8-6-31)22(35)34-19(3-4-27-34)15-9-16(23)11-17(24)10-15/h4,9-12,19H,3,5-8H2,1-2H3/t19-/m0/s1. The number of carbonyl (C=O) groups is 1. The van der Waals surface area contributed by atoms with E-state index >= 15 is 0 Å². The molecule has 2 amide bonds. The molecule has 1 aromatic carbocycles. The maximum atomic E-state index is 14.6. The van der Waals surface area contributed by atoms with E-state index < -0.39 is 23.5 Å². The van der Waals surface area contributed by atoms with Crippen LogP contribution in [-0.2, 0) is 0 Å². The molecule has 0 N–H and O–H groups in total. The van der Waals surface area contributed by atoms with Gasteiger partial charge in [0.2, 0.25) is 0 Å². The smallest absolute Gasteiger partial charge is 0.341 e. The maximum Gasteiger partial charge on any atom is 0.341 e. The SMILES string of the molecule is Cc1nc(C)n(-c2ncc(F)c(N3CCN(C(=O)N4N=CC[C@H]4c4cc(F)cc(F)c4)CC3)n2)n1. The van der Waals surface area contributed by atoms with E-state index in [9.17, 15) is 18.0 Å². The molecule has 0 aliphatic carbocycles. The Kier molecular flexibility index (Phi) is 5.83. The number of hydrogen-bond acceptors (Lipinski definition) is 7. The van der Waals surface area contributed by atoms with Crippen molar-refractivity contribution in [1.82, 2.24) is 34.6 Å². The van der Waals surface area contributed by atoms with Gasteiger partial charge in [0.1, 0.15) is 23.3 Å². The summed E-state index contributed by atoms with van der Waals surface area (Å²) in [4.78, 5) is 29.1. The van der Waals surface area contributed by atoms with E-state index in [1.54, 1.807) is 29.9 Å². The summed E-state index contributed by atoms with van der Waals surface area (Å²) in [5.41, 5.74) is 0.334. The number of nitrogens with zero attached hydrogens (tertiary/aromatic N) is 9. The van der Waals surface area contributed by atoms with Crippen LogP contribution in [0.2, 0.25) is 0 Å². The van der Waals surface area contributed by atoms with Crippen LogP contribution < -0.4 is 4.90 Å². The molecule has 1 atom stereocenters. The zero-order valence-electron chi connectivity index (χ0n) is 19.1. The van der Waals surface area contributed by atoms with Crippen molar-refractivity contribution in [1.29, 1.82) is 0 Å². The van der Waals surface area contributed by atoms with Crippen LogP contribution in [0, 0.1) is 31.3 Å². The summed E-state index contributed by atoms with van der Waals surface area (Å²) in [5.74, 6) is -0.565. The predicted molar refractivity (Wildman–Crippen MR) is 120 cm³/mol. The van der Waals surface area contributed by atoms with Crippen LogP contribution in [0.3, 0.4) is 0 Å². The Hall–Kier alpha value is -4.03. The number of urea groups is 1. The van der Waals surface area contributed by atoms with E-state index in [-0.39, 0.29) is 30.9 Å². The van der Waals surface area contributed by atoms with E-state index in [0.29, 0.717) is 36.7 Å². The quantitative estimate of drug-likeness (QED) is 0.566. The molecule has 3 aromatic rings. The average Bonchev–Trinajstić information content (AvgIpc) is 3.45. The molecule has 0 radical (unpaired) electrons. The van der Waals surface area contributed by atoms with Crippen molar-refractivity contribution in [2.24, 2.45) is 5.10 Å². The topological polar surface area (TPSA) is 95.6 Å². The molecule has 182 valence electrons. The lowest BCUT2D eigenvalue weighted by Crippen LogP contribution is -2.52. The van der Waals surface area contributed by atoms with Gasteiger partial charge in [-0.3, -0.25) is 0 Å². The van der Waals surface area contributed by atoms with Crippen LogP contribution in [-0.4, -0.2) is 73.1 Å². The van der Waals surface area contributed by atoms with E-state index in [4.69, 9.17) is 0 Å². The molecule has 2 aromatic heterocycles. The third kappa shape index (κ3) is 4.40. The van der Waals surface area contributed by atoms with Crippen LogP contribution in [0.1, 0.15) is 29.7 Å². The summed E-state index contributed by atoms with van der Waals surface area (Å²) in [6.45, 7) is 4.72. The van der Waals surface area contributed by atoms with Gasteiger partial charge in [0.25, 0.3) is 5.95 Å². The van der Waals surface area contributed by atoms with Crippen LogP contribution in [0.4, 0.5) is 23.8 Å². The van der Waals surface area contributed by atoms with E-state index in [0.717, 1.165) is 12.3 Å². The van der Waals surface area contributed by atoms with Crippen molar-refractivity contribution in [3.63, 3.8) is 0 Å². The van der Waals surface area contributed by atoms with Crippen molar-refractivity contribution in [3.8, 4) is 5.95 Å². The third-order valence-corrected chi connectivity index (χ3v) is 5.92. The van der Waals surface area contributed by atoms with Gasteiger partial charge in [-0.05, 0) is 31.5 Å². The molecule has 0 spiro atoms. The van der Waals surface area contributed by atoms with E-state index in [2.05, 4.69) is 25.2 Å². The van der Waals surface area contributed by atoms with Crippen molar-refractivity contribution in [2.75, 3.05) is 31.1 Å². The number of amides is 2. The summed E-state index contributed by atoms with van der Waals surface area (Å²) in [7, 11) is 0. The van der Waals surface area contributed by atoms with Gasteiger partial charge in [0, 0.05) is 44.9 Å². The number of rotatable bonds is 3. The number of aromatic nitrogens is 5. The highest BCUT2D eigenvalue weighted by Gasteiger charge is 2.34. The number of aryl methyl sites for hydroxylation is 2. The van der Waals surface area contributed by atoms with Gasteiger partial charge >= 0.3 is 6.03 Å². The minimum Gasteiger partial charge on any atom is -0.350 e. The number of hydrogen-bond donors (Lipinski definition) is 0. The summed E-state index contributed by atoms with van der Waals surface area (Å²) in [6.07, 6.45) is 2.99. The highest BCUT2D eigenvalue weighted by atomic mass is 19.1. The molecule has 13 heteroatoms. The second kappa shape index (κ2) is 8.96. The highest BCUT2D eigenvalue weighted by Crippen LogP contribution is 2.30. The van der Waals surface area contributed by atoms with Crippen molar-refractivity contribution >= 4 is 18.1 Å². The van der Waals surface area contributed by atoms with Gasteiger partial charge in [-0.25, -0.2) is 32.9 Å². The van der Waals surface area contributed by atoms with Gasteiger partial charge in [-0.1, -0.05) is 0 Å². The molecule has 0 saturated carbocycles. The second-order valence-electron chi connectivity index (χ2n) is 8.31. The fourth-order valence-electron chi connectivity index (χ4n) is 4.28. The maximum absolute atomic E-state index is 14.6. The normalized spacial score (nSPS) is 18.0. The highest BCUT2D eigenvalue weighted by molar-refractivity contribution is 5.78. The zero-order chi connectivity index (χ0) is 24.7. The Balaban J connectivity index is 1.29. The molecular weight excluding hydrogens is 463 g/mol. The van der Waals surface area contributed by atoms with Crippen molar-refractivity contribution in [2.45, 2.75) is 26.3 Å². The molecule has 1 fully saturated rings. The lowest BCUT2D eigenvalue weighted by molar-refractivity contribution is 0.139. The average molecular weight is 485 g/mol. The molecule has 2 aliphatic heterocycles. The largest absolute Gasteiger partial charge is 0.350 e. The number of halogens is 3. The summed E-state index contributed by atoms with van der Waals surface area (Å²) >= 11 is 0. The lowest BCUT2D eigenvalue weighted by Gasteiger charge is -2.37. The molecule has 2 aliphatic rings. The third-order valence-electron chi connectivity index (χ3n) is 5.92. The molecule has 4 heterocycles. The van der Waals surface area contributed by atoms with Crippen LogP contribution in [0.25, 0.3) is 5.95 Å². The summed E-state index contributed by atoms with van der Waals surface area (Å²) in [5, 5.41) is 9.62. The minimum atomic E-state index is -0.713. The number of anilines is 1. The molecule has 0 bridgehead atoms. The van der Waals surface area contributed by atoms with Crippen LogP contribution in [0.5, 0.6) is 0 Å². The second-order valence-corrected chi connectivity index (χ2v) is 8.31. The minimum absolute atomic E-state index is 0.113.